The van der Waals surface area contributed by atoms with Crippen LogP contribution in [0.2, 0.25) is 0 Å². The third-order valence-electron chi connectivity index (χ3n) is 2.93. The lowest BCUT2D eigenvalue weighted by atomic mass is 10.1. The fraction of sp³-hybridized carbons (Fsp3) is 0.286. The van der Waals surface area contributed by atoms with Crippen LogP contribution in [-0.4, -0.2) is 30.7 Å². The minimum absolute atomic E-state index is 0.252. The summed E-state index contributed by atoms with van der Waals surface area (Å²) in [4.78, 5) is 11.3. The van der Waals surface area contributed by atoms with E-state index in [0.717, 1.165) is 31.1 Å². The first kappa shape index (κ1) is 14.5. The summed E-state index contributed by atoms with van der Waals surface area (Å²) in [5, 5.41) is 4.37. The van der Waals surface area contributed by atoms with E-state index in [1.807, 2.05) is 6.92 Å². The molecule has 2 aromatic rings. The number of hydrogen-bond donors (Lipinski definition) is 0. The molecule has 2 rings (SSSR count). The van der Waals surface area contributed by atoms with Crippen LogP contribution in [0, 0.1) is 0 Å². The maximum absolute atomic E-state index is 11.4. The number of hydrogen-bond acceptors (Lipinski definition) is 4. The number of nitrogens with zero attached hydrogens (tertiary/aromatic N) is 2. The monoisotopic (exact) mass is 292 g/mol. The summed E-state index contributed by atoms with van der Waals surface area (Å²) >= 11 is 0. The van der Waals surface area contributed by atoms with Crippen LogP contribution >= 0.6 is 0 Å². The third kappa shape index (κ3) is 2.96. The molecular formula is C14H16N2O3S. The number of aromatic nitrogens is 2. The Morgan fingerprint density at radius 2 is 1.90 bits per heavy atom. The van der Waals surface area contributed by atoms with Gasteiger partial charge in [-0.2, -0.15) is 5.10 Å². The van der Waals surface area contributed by atoms with Gasteiger partial charge in [-0.3, -0.25) is 9.48 Å². The SMILES string of the molecule is CCCn1cc(C=O)c(-c2ccc(S(C)(=O)=O)cc2)n1. The molecule has 0 amide bonds. The van der Waals surface area contributed by atoms with Crippen LogP contribution in [0.25, 0.3) is 11.3 Å². The zero-order valence-corrected chi connectivity index (χ0v) is 12.2. The van der Waals surface area contributed by atoms with Gasteiger partial charge in [0.1, 0.15) is 5.69 Å². The van der Waals surface area contributed by atoms with Crippen molar-refractivity contribution in [1.29, 1.82) is 0 Å². The van der Waals surface area contributed by atoms with Gasteiger partial charge in [0.25, 0.3) is 0 Å². The predicted octanol–water partition coefficient (Wildman–Crippen LogP) is 2.18. The molecule has 0 atom stereocenters. The van der Waals surface area contributed by atoms with E-state index in [1.165, 1.54) is 12.1 Å². The molecule has 5 nitrogen and oxygen atoms in total. The first-order valence-electron chi connectivity index (χ1n) is 6.29. The molecule has 0 spiro atoms. The van der Waals surface area contributed by atoms with Crippen molar-refractivity contribution in [3.8, 4) is 11.3 Å². The van der Waals surface area contributed by atoms with E-state index in [1.54, 1.807) is 23.0 Å². The quantitative estimate of drug-likeness (QED) is 0.792. The fourth-order valence-electron chi connectivity index (χ4n) is 1.95. The highest BCUT2D eigenvalue weighted by atomic mass is 32.2. The molecule has 0 radical (unpaired) electrons. The number of aldehydes is 1. The van der Waals surface area contributed by atoms with Crippen molar-refractivity contribution < 1.29 is 13.2 Å². The normalized spacial score (nSPS) is 11.5. The zero-order chi connectivity index (χ0) is 14.8. The van der Waals surface area contributed by atoms with Gasteiger partial charge in [-0.05, 0) is 18.6 Å². The van der Waals surface area contributed by atoms with Crippen molar-refractivity contribution in [3.05, 3.63) is 36.0 Å². The van der Waals surface area contributed by atoms with Crippen LogP contribution in [0.15, 0.2) is 35.4 Å². The van der Waals surface area contributed by atoms with E-state index in [4.69, 9.17) is 0 Å². The summed E-state index contributed by atoms with van der Waals surface area (Å²) in [5.41, 5.74) is 1.81. The second kappa shape index (κ2) is 5.58. The Bertz CT molecular complexity index is 715. The minimum Gasteiger partial charge on any atom is -0.298 e. The van der Waals surface area contributed by atoms with Crippen LogP contribution in [0.4, 0.5) is 0 Å². The molecule has 0 bridgehead atoms. The Balaban J connectivity index is 2.43. The number of carbonyl (C=O) groups excluding carboxylic acids is 1. The second-order valence-electron chi connectivity index (χ2n) is 4.61. The average molecular weight is 292 g/mol. The molecule has 20 heavy (non-hydrogen) atoms. The third-order valence-corrected chi connectivity index (χ3v) is 4.05. The van der Waals surface area contributed by atoms with Gasteiger partial charge in [-0.25, -0.2) is 8.42 Å². The van der Waals surface area contributed by atoms with Crippen molar-refractivity contribution in [2.75, 3.05) is 6.26 Å². The van der Waals surface area contributed by atoms with E-state index >= 15 is 0 Å². The highest BCUT2D eigenvalue weighted by Crippen LogP contribution is 2.22. The van der Waals surface area contributed by atoms with Gasteiger partial charge < -0.3 is 0 Å². The van der Waals surface area contributed by atoms with Crippen molar-refractivity contribution in [2.45, 2.75) is 24.8 Å². The van der Waals surface area contributed by atoms with Gasteiger partial charge in [0.2, 0.25) is 0 Å². The van der Waals surface area contributed by atoms with Crippen LogP contribution in [0.1, 0.15) is 23.7 Å². The standard InChI is InChI=1S/C14H16N2O3S/c1-3-8-16-9-12(10-17)14(15-16)11-4-6-13(7-5-11)20(2,18)19/h4-7,9-10H,3,8H2,1-2H3. The van der Waals surface area contributed by atoms with E-state index < -0.39 is 9.84 Å². The lowest BCUT2D eigenvalue weighted by molar-refractivity contribution is 0.112. The van der Waals surface area contributed by atoms with Gasteiger partial charge in [-0.15, -0.1) is 0 Å². The molecule has 1 heterocycles. The first-order chi connectivity index (χ1) is 9.45. The van der Waals surface area contributed by atoms with Gasteiger partial charge in [0, 0.05) is 24.6 Å². The van der Waals surface area contributed by atoms with Gasteiger partial charge in [0.05, 0.1) is 10.5 Å². The Kier molecular flexibility index (Phi) is 4.04. The lowest BCUT2D eigenvalue weighted by Crippen LogP contribution is -1.98. The number of carbonyl (C=O) groups is 1. The minimum atomic E-state index is -3.22. The number of benzene rings is 1. The maximum Gasteiger partial charge on any atom is 0.175 e. The van der Waals surface area contributed by atoms with Crippen LogP contribution in [0.3, 0.4) is 0 Å². The molecule has 0 N–H and O–H groups in total. The summed E-state index contributed by atoms with van der Waals surface area (Å²) in [7, 11) is -3.22. The molecular weight excluding hydrogens is 276 g/mol. The van der Waals surface area contributed by atoms with E-state index in [2.05, 4.69) is 5.10 Å². The molecule has 0 saturated carbocycles. The van der Waals surface area contributed by atoms with Crippen molar-refractivity contribution in [3.63, 3.8) is 0 Å². The van der Waals surface area contributed by atoms with Crippen molar-refractivity contribution in [1.82, 2.24) is 9.78 Å². The molecule has 1 aromatic carbocycles. The highest BCUT2D eigenvalue weighted by molar-refractivity contribution is 7.90. The molecule has 0 saturated heterocycles. The van der Waals surface area contributed by atoms with Crippen LogP contribution in [-0.2, 0) is 16.4 Å². The zero-order valence-electron chi connectivity index (χ0n) is 11.4. The average Bonchev–Trinajstić information content (AvgIpc) is 2.81. The molecule has 6 heteroatoms. The topological polar surface area (TPSA) is 69.0 Å². The van der Waals surface area contributed by atoms with Gasteiger partial charge in [0.15, 0.2) is 16.1 Å². The Morgan fingerprint density at radius 1 is 1.25 bits per heavy atom. The summed E-state index contributed by atoms with van der Waals surface area (Å²) in [6, 6.07) is 6.39. The molecule has 0 fully saturated rings. The predicted molar refractivity (Wildman–Crippen MR) is 76.5 cm³/mol. The Hall–Kier alpha value is -1.95. The molecule has 106 valence electrons. The van der Waals surface area contributed by atoms with E-state index in [-0.39, 0.29) is 4.90 Å². The number of sulfone groups is 1. The summed E-state index contributed by atoms with van der Waals surface area (Å²) in [6.07, 6.45) is 4.55. The van der Waals surface area contributed by atoms with Crippen molar-refractivity contribution in [2.24, 2.45) is 0 Å². The molecule has 0 unspecified atom stereocenters. The Morgan fingerprint density at radius 3 is 2.40 bits per heavy atom. The molecule has 0 aliphatic rings. The van der Waals surface area contributed by atoms with Gasteiger partial charge in [-0.1, -0.05) is 19.1 Å². The first-order valence-corrected chi connectivity index (χ1v) is 8.18. The van der Waals surface area contributed by atoms with Crippen LogP contribution in [0.5, 0.6) is 0 Å². The number of aryl methyl sites for hydroxylation is 1. The Labute approximate surface area is 118 Å². The number of rotatable bonds is 5. The molecule has 1 aromatic heterocycles. The van der Waals surface area contributed by atoms with E-state index in [9.17, 15) is 13.2 Å². The second-order valence-corrected chi connectivity index (χ2v) is 6.63. The summed E-state index contributed by atoms with van der Waals surface area (Å²) in [5.74, 6) is 0. The fourth-order valence-corrected chi connectivity index (χ4v) is 2.58. The highest BCUT2D eigenvalue weighted by Gasteiger charge is 2.12. The van der Waals surface area contributed by atoms with E-state index in [0.29, 0.717) is 11.3 Å². The summed E-state index contributed by atoms with van der Waals surface area (Å²) < 4.78 is 24.6. The molecule has 0 aliphatic heterocycles. The van der Waals surface area contributed by atoms with Crippen LogP contribution < -0.4 is 0 Å². The van der Waals surface area contributed by atoms with Gasteiger partial charge >= 0.3 is 0 Å². The molecule has 0 aliphatic carbocycles. The lowest BCUT2D eigenvalue weighted by Gasteiger charge is -2.01. The smallest absolute Gasteiger partial charge is 0.175 e. The van der Waals surface area contributed by atoms with Crippen molar-refractivity contribution >= 4 is 16.1 Å². The summed E-state index contributed by atoms with van der Waals surface area (Å²) in [6.45, 7) is 2.77. The maximum atomic E-state index is 11.4. The largest absolute Gasteiger partial charge is 0.298 e.